The lowest BCUT2D eigenvalue weighted by molar-refractivity contribution is 1.25. The first-order valence-electron chi connectivity index (χ1n) is 7.11. The van der Waals surface area contributed by atoms with Crippen molar-refractivity contribution in [2.24, 2.45) is 10.2 Å². The van der Waals surface area contributed by atoms with Gasteiger partial charge < -0.3 is 0 Å². The Morgan fingerprint density at radius 1 is 0.826 bits per heavy atom. The fourth-order valence-corrected chi connectivity index (χ4v) is 2.74. The van der Waals surface area contributed by atoms with Crippen LogP contribution in [0.4, 0.5) is 0 Å². The predicted molar refractivity (Wildman–Crippen MR) is 92.2 cm³/mol. The Kier molecular flexibility index (Phi) is 3.44. The van der Waals surface area contributed by atoms with Crippen molar-refractivity contribution < 1.29 is 0 Å². The summed E-state index contributed by atoms with van der Waals surface area (Å²) in [6.07, 6.45) is 5.17. The lowest BCUT2D eigenvalue weighted by atomic mass is 10.1. The van der Waals surface area contributed by atoms with Gasteiger partial charge in [-0.25, -0.2) is 0 Å². The Hall–Kier alpha value is -2.85. The van der Waals surface area contributed by atoms with E-state index < -0.39 is 0 Å². The molecule has 0 amide bonds. The highest BCUT2D eigenvalue weighted by Crippen LogP contribution is 2.33. The highest BCUT2D eigenvalue weighted by atomic mass is 35.5. The molecule has 4 rings (SSSR count). The van der Waals surface area contributed by atoms with Gasteiger partial charge in [-0.1, -0.05) is 29.8 Å². The molecule has 1 aromatic carbocycles. The average Bonchev–Trinajstić information content (AvgIpc) is 2.91. The third-order valence-electron chi connectivity index (χ3n) is 3.61. The van der Waals surface area contributed by atoms with Gasteiger partial charge in [0.25, 0.3) is 0 Å². The summed E-state index contributed by atoms with van der Waals surface area (Å²) in [6.45, 7) is 0. The number of halogens is 1. The molecule has 110 valence electrons. The Bertz CT molecular complexity index is 900. The Labute approximate surface area is 138 Å². The van der Waals surface area contributed by atoms with E-state index in [0.717, 1.165) is 33.8 Å². The third-order valence-corrected chi connectivity index (χ3v) is 3.95. The molecule has 0 aliphatic heterocycles. The van der Waals surface area contributed by atoms with Crippen LogP contribution in [0.5, 0.6) is 0 Å². The molecule has 1 aliphatic rings. The van der Waals surface area contributed by atoms with Gasteiger partial charge in [0, 0.05) is 34.1 Å². The number of pyridine rings is 2. The van der Waals surface area contributed by atoms with Crippen LogP contribution in [-0.2, 0) is 0 Å². The van der Waals surface area contributed by atoms with Crippen LogP contribution >= 0.6 is 11.6 Å². The summed E-state index contributed by atoms with van der Waals surface area (Å²) in [5.41, 5.74) is 5.17. The average molecular weight is 319 g/mol. The Morgan fingerprint density at radius 2 is 1.48 bits per heavy atom. The van der Waals surface area contributed by atoms with Gasteiger partial charge in [0.2, 0.25) is 0 Å². The number of hydrogen-bond acceptors (Lipinski definition) is 4. The molecule has 0 bridgehead atoms. The summed E-state index contributed by atoms with van der Waals surface area (Å²) in [5.74, 6) is 0. The van der Waals surface area contributed by atoms with Crippen LogP contribution in [0.25, 0.3) is 11.4 Å². The number of benzene rings is 1. The normalized spacial score (nSPS) is 12.3. The van der Waals surface area contributed by atoms with Crippen molar-refractivity contribution in [3.63, 3.8) is 0 Å². The maximum atomic E-state index is 6.12. The Balaban J connectivity index is 1.78. The van der Waals surface area contributed by atoms with E-state index in [9.17, 15) is 0 Å². The second-order valence-electron chi connectivity index (χ2n) is 5.01. The van der Waals surface area contributed by atoms with E-state index in [1.165, 1.54) is 0 Å². The second kappa shape index (κ2) is 5.74. The third kappa shape index (κ3) is 2.43. The largest absolute Gasteiger partial charge is 0.254 e. The molecular formula is C18H11ClN4. The lowest BCUT2D eigenvalue weighted by Crippen LogP contribution is -1.97. The molecule has 0 saturated carbocycles. The minimum Gasteiger partial charge on any atom is -0.254 e. The van der Waals surface area contributed by atoms with Crippen molar-refractivity contribution in [3.8, 4) is 11.4 Å². The van der Waals surface area contributed by atoms with Crippen molar-refractivity contribution in [1.82, 2.24) is 9.97 Å². The first kappa shape index (κ1) is 13.8. The molecule has 3 aromatic rings. The summed E-state index contributed by atoms with van der Waals surface area (Å²) >= 11 is 6.12. The number of rotatable bonds is 2. The molecule has 1 aliphatic carbocycles. The molecule has 0 radical (unpaired) electrons. The van der Waals surface area contributed by atoms with E-state index in [4.69, 9.17) is 11.6 Å². The first-order chi connectivity index (χ1) is 11.3. The molecule has 0 unspecified atom stereocenters. The number of aromatic nitrogens is 2. The maximum Gasteiger partial charge on any atom is 0.105 e. The van der Waals surface area contributed by atoms with Crippen molar-refractivity contribution in [1.29, 1.82) is 0 Å². The molecule has 0 saturated heterocycles. The highest BCUT2D eigenvalue weighted by molar-refractivity contribution is 6.33. The van der Waals surface area contributed by atoms with Crippen LogP contribution in [0, 0.1) is 0 Å². The minimum atomic E-state index is 0.645. The van der Waals surface area contributed by atoms with Crippen molar-refractivity contribution in [2.75, 3.05) is 0 Å². The first-order valence-corrected chi connectivity index (χ1v) is 7.49. The standard InChI is InChI=1S/C18H11ClN4/c19-15-8-2-1-5-12(15)11-22-23-16-13-6-3-9-20-17(13)18-14(16)7-4-10-21-18/h1-11H/b22-11+. The molecule has 0 N–H and O–H groups in total. The molecule has 2 heterocycles. The topological polar surface area (TPSA) is 50.5 Å². The van der Waals surface area contributed by atoms with Crippen LogP contribution in [0.3, 0.4) is 0 Å². The molecule has 23 heavy (non-hydrogen) atoms. The van der Waals surface area contributed by atoms with Crippen molar-refractivity contribution in [3.05, 3.63) is 82.6 Å². The smallest absolute Gasteiger partial charge is 0.105 e. The van der Waals surface area contributed by atoms with Gasteiger partial charge in [-0.3, -0.25) is 9.97 Å². The molecule has 4 nitrogen and oxygen atoms in total. The molecular weight excluding hydrogens is 308 g/mol. The lowest BCUT2D eigenvalue weighted by Gasteiger charge is -1.98. The van der Waals surface area contributed by atoms with E-state index >= 15 is 0 Å². The molecule has 0 spiro atoms. The zero-order valence-electron chi connectivity index (χ0n) is 12.0. The van der Waals surface area contributed by atoms with Crippen molar-refractivity contribution in [2.45, 2.75) is 0 Å². The summed E-state index contributed by atoms with van der Waals surface area (Å²) in [7, 11) is 0. The number of nitrogens with zero attached hydrogens (tertiary/aromatic N) is 4. The van der Waals surface area contributed by atoms with Crippen LogP contribution in [0.1, 0.15) is 16.7 Å². The molecule has 0 fully saturated rings. The van der Waals surface area contributed by atoms with E-state index in [0.29, 0.717) is 5.02 Å². The van der Waals surface area contributed by atoms with E-state index in [1.807, 2.05) is 48.5 Å². The van der Waals surface area contributed by atoms with Gasteiger partial charge in [-0.05, 0) is 30.3 Å². The zero-order valence-corrected chi connectivity index (χ0v) is 12.8. The molecule has 5 heteroatoms. The van der Waals surface area contributed by atoms with E-state index in [1.54, 1.807) is 18.6 Å². The van der Waals surface area contributed by atoms with Crippen LogP contribution < -0.4 is 0 Å². The fourth-order valence-electron chi connectivity index (χ4n) is 2.55. The predicted octanol–water partition coefficient (Wildman–Crippen LogP) is 3.98. The zero-order chi connectivity index (χ0) is 15.6. The summed E-state index contributed by atoms with van der Waals surface area (Å²) in [6, 6.07) is 15.2. The quantitative estimate of drug-likeness (QED) is 0.414. The van der Waals surface area contributed by atoms with Crippen LogP contribution in [0.15, 0.2) is 71.1 Å². The number of fused-ring (bicyclic) bond motifs is 3. The SMILES string of the molecule is Clc1ccccc1/C=N/N=C1c2cccnc2-c2ncccc21. The van der Waals surface area contributed by atoms with Gasteiger partial charge >= 0.3 is 0 Å². The van der Waals surface area contributed by atoms with Crippen molar-refractivity contribution >= 4 is 23.5 Å². The van der Waals surface area contributed by atoms with Crippen LogP contribution in [0.2, 0.25) is 5.02 Å². The molecule has 2 aromatic heterocycles. The van der Waals surface area contributed by atoms with Gasteiger partial charge in [-0.2, -0.15) is 5.10 Å². The van der Waals surface area contributed by atoms with Gasteiger partial charge in [-0.15, -0.1) is 5.10 Å². The summed E-state index contributed by atoms with van der Waals surface area (Å²) < 4.78 is 0. The van der Waals surface area contributed by atoms with E-state index in [-0.39, 0.29) is 0 Å². The minimum absolute atomic E-state index is 0.645. The maximum absolute atomic E-state index is 6.12. The summed E-state index contributed by atoms with van der Waals surface area (Å²) in [5, 5.41) is 9.24. The van der Waals surface area contributed by atoms with Gasteiger partial charge in [0.1, 0.15) is 5.71 Å². The summed E-state index contributed by atoms with van der Waals surface area (Å²) in [4.78, 5) is 8.83. The van der Waals surface area contributed by atoms with E-state index in [2.05, 4.69) is 20.2 Å². The number of hydrogen-bond donors (Lipinski definition) is 0. The second-order valence-corrected chi connectivity index (χ2v) is 5.42. The van der Waals surface area contributed by atoms with Gasteiger partial charge in [0.15, 0.2) is 0 Å². The molecule has 0 atom stereocenters. The monoisotopic (exact) mass is 318 g/mol. The van der Waals surface area contributed by atoms with Crippen LogP contribution in [-0.4, -0.2) is 21.9 Å². The highest BCUT2D eigenvalue weighted by Gasteiger charge is 2.26. The van der Waals surface area contributed by atoms with Gasteiger partial charge in [0.05, 0.1) is 17.6 Å². The fraction of sp³-hybridized carbons (Fsp3) is 0. The Morgan fingerprint density at radius 3 is 2.13 bits per heavy atom.